The van der Waals surface area contributed by atoms with E-state index in [1.165, 1.54) is 0 Å². The van der Waals surface area contributed by atoms with Gasteiger partial charge in [-0.1, -0.05) is 0 Å². The van der Waals surface area contributed by atoms with Gasteiger partial charge in [0.2, 0.25) is 0 Å². The largest absolute Gasteiger partial charge is 0.317 e. The second kappa shape index (κ2) is 4.17. The minimum Gasteiger partial charge on any atom is -0.317 e. The average Bonchev–Trinajstić information content (AvgIpc) is 2.81. The van der Waals surface area contributed by atoms with E-state index in [0.717, 1.165) is 32.2 Å². The second-order valence-electron chi connectivity index (χ2n) is 4.89. The number of nitrogens with zero attached hydrogens (tertiary/aromatic N) is 2. The Morgan fingerprint density at radius 1 is 1.28 bits per heavy atom. The van der Waals surface area contributed by atoms with Crippen LogP contribution in [0.3, 0.4) is 0 Å². The molecular weight excluding hydrogens is 254 g/mol. The molecule has 0 spiro atoms. The van der Waals surface area contributed by atoms with Crippen molar-refractivity contribution < 1.29 is 13.2 Å². The Morgan fingerprint density at radius 3 is 2.67 bits per heavy atom. The molecule has 1 saturated heterocycles. The molecule has 18 heavy (non-hydrogen) atoms. The van der Waals surface area contributed by atoms with Gasteiger partial charge in [0.05, 0.1) is 23.2 Å². The molecule has 0 aromatic carbocycles. The molecule has 1 aromatic rings. The molecule has 3 heterocycles. The summed E-state index contributed by atoms with van der Waals surface area (Å²) in [5, 5.41) is 7.62. The van der Waals surface area contributed by atoms with E-state index in [2.05, 4.69) is 10.4 Å². The number of sulfone groups is 1. The Labute approximate surface area is 105 Å². The van der Waals surface area contributed by atoms with E-state index in [-0.39, 0.29) is 17.5 Å². The maximum Gasteiger partial charge on any atom is 0.168 e. The number of fused-ring (bicyclic) bond motifs is 1. The van der Waals surface area contributed by atoms with Gasteiger partial charge >= 0.3 is 0 Å². The van der Waals surface area contributed by atoms with Crippen LogP contribution in [0.15, 0.2) is 0 Å². The van der Waals surface area contributed by atoms with Crippen molar-refractivity contribution in [1.82, 2.24) is 15.1 Å². The third-order valence-electron chi connectivity index (χ3n) is 3.62. The third-order valence-corrected chi connectivity index (χ3v) is 5.06. The zero-order chi connectivity index (χ0) is 12.8. The number of carbonyl (C=O) groups excluding carboxylic acids is 1. The molecule has 0 unspecified atom stereocenters. The van der Waals surface area contributed by atoms with E-state index >= 15 is 0 Å². The number of aromatic nitrogens is 2. The Morgan fingerprint density at radius 2 is 2.00 bits per heavy atom. The van der Waals surface area contributed by atoms with Gasteiger partial charge in [-0.15, -0.1) is 0 Å². The molecule has 1 N–H and O–H groups in total. The summed E-state index contributed by atoms with van der Waals surface area (Å²) in [5.41, 5.74) is 1.64. The van der Waals surface area contributed by atoms with Crippen LogP contribution >= 0.6 is 0 Å². The van der Waals surface area contributed by atoms with Crippen molar-refractivity contribution in [3.8, 4) is 0 Å². The molecule has 0 atom stereocenters. The topological polar surface area (TPSA) is 81.1 Å². The lowest BCUT2D eigenvalue weighted by Crippen LogP contribution is -2.30. The number of aldehydes is 1. The Kier molecular flexibility index (Phi) is 2.74. The van der Waals surface area contributed by atoms with E-state index in [0.29, 0.717) is 17.0 Å². The second-order valence-corrected chi connectivity index (χ2v) is 6.95. The first kappa shape index (κ1) is 11.9. The van der Waals surface area contributed by atoms with Crippen molar-refractivity contribution >= 4 is 16.1 Å². The number of piperidine rings is 1. The van der Waals surface area contributed by atoms with Crippen molar-refractivity contribution in [3.63, 3.8) is 0 Å². The summed E-state index contributed by atoms with van der Waals surface area (Å²) in [4.78, 5) is 11.2. The van der Waals surface area contributed by atoms with Gasteiger partial charge in [-0.05, 0) is 25.9 Å². The van der Waals surface area contributed by atoms with E-state index in [1.54, 1.807) is 4.68 Å². The third kappa shape index (κ3) is 1.87. The standard InChI is InChI=1S/C11H15N3O3S/c15-5-11-9-6-18(16,17)7-10(9)13-14(11)8-1-3-12-4-2-8/h5,8,12H,1-4,6-7H2. The van der Waals surface area contributed by atoms with E-state index < -0.39 is 9.84 Å². The van der Waals surface area contributed by atoms with Gasteiger partial charge in [0.1, 0.15) is 5.69 Å². The highest BCUT2D eigenvalue weighted by molar-refractivity contribution is 7.90. The molecule has 0 amide bonds. The predicted octanol–water partition coefficient (Wildman–Crippen LogP) is 0.0485. The van der Waals surface area contributed by atoms with Crippen LogP contribution in [0.25, 0.3) is 0 Å². The highest BCUT2D eigenvalue weighted by atomic mass is 32.2. The zero-order valence-electron chi connectivity index (χ0n) is 9.92. The van der Waals surface area contributed by atoms with Crippen molar-refractivity contribution in [3.05, 3.63) is 17.0 Å². The predicted molar refractivity (Wildman–Crippen MR) is 65.1 cm³/mol. The normalized spacial score (nSPS) is 22.9. The molecule has 1 aromatic heterocycles. The highest BCUT2D eigenvalue weighted by Gasteiger charge is 2.33. The molecule has 0 bridgehead atoms. The molecule has 1 fully saturated rings. The van der Waals surface area contributed by atoms with Gasteiger partial charge in [-0.3, -0.25) is 9.48 Å². The number of rotatable bonds is 2. The van der Waals surface area contributed by atoms with Gasteiger partial charge in [-0.2, -0.15) is 5.10 Å². The van der Waals surface area contributed by atoms with Crippen LogP contribution in [0.1, 0.15) is 40.6 Å². The Balaban J connectivity index is 2.00. The van der Waals surface area contributed by atoms with Crippen LogP contribution in [0.5, 0.6) is 0 Å². The molecule has 7 heteroatoms. The van der Waals surface area contributed by atoms with Crippen LogP contribution < -0.4 is 5.32 Å². The van der Waals surface area contributed by atoms with Crippen molar-refractivity contribution in [1.29, 1.82) is 0 Å². The first-order chi connectivity index (χ1) is 8.61. The Bertz CT molecular complexity index is 585. The van der Waals surface area contributed by atoms with Gasteiger partial charge in [0.15, 0.2) is 16.1 Å². The van der Waals surface area contributed by atoms with E-state index in [9.17, 15) is 13.2 Å². The van der Waals surface area contributed by atoms with Crippen LogP contribution in [-0.4, -0.2) is 37.6 Å². The van der Waals surface area contributed by atoms with Gasteiger partial charge in [0, 0.05) is 5.56 Å². The minimum atomic E-state index is -3.09. The summed E-state index contributed by atoms with van der Waals surface area (Å²) in [6.45, 7) is 1.82. The fraction of sp³-hybridized carbons (Fsp3) is 0.636. The summed E-state index contributed by atoms with van der Waals surface area (Å²) < 4.78 is 24.8. The monoisotopic (exact) mass is 269 g/mol. The average molecular weight is 269 g/mol. The number of nitrogens with one attached hydrogen (secondary N) is 1. The zero-order valence-corrected chi connectivity index (χ0v) is 10.7. The maximum atomic E-state index is 11.5. The summed E-state index contributed by atoms with van der Waals surface area (Å²) in [7, 11) is -3.09. The summed E-state index contributed by atoms with van der Waals surface area (Å²) in [6, 6.07) is 0.208. The van der Waals surface area contributed by atoms with Gasteiger partial charge < -0.3 is 5.32 Å². The molecule has 0 aliphatic carbocycles. The first-order valence-corrected chi connectivity index (χ1v) is 7.89. The molecule has 2 aliphatic rings. The number of carbonyl (C=O) groups is 1. The quantitative estimate of drug-likeness (QED) is 0.767. The molecule has 3 rings (SSSR count). The SMILES string of the molecule is O=Cc1c2c(nn1C1CCNCC1)CS(=O)(=O)C2. The van der Waals surface area contributed by atoms with Gasteiger partial charge in [0.25, 0.3) is 0 Å². The van der Waals surface area contributed by atoms with Crippen LogP contribution in [0, 0.1) is 0 Å². The number of hydrogen-bond acceptors (Lipinski definition) is 5. The summed E-state index contributed by atoms with van der Waals surface area (Å²) in [5.74, 6) is -0.0669. The lowest BCUT2D eigenvalue weighted by atomic mass is 10.1. The fourth-order valence-electron chi connectivity index (χ4n) is 2.74. The molecule has 98 valence electrons. The molecule has 0 radical (unpaired) electrons. The fourth-order valence-corrected chi connectivity index (χ4v) is 4.24. The molecule has 6 nitrogen and oxygen atoms in total. The van der Waals surface area contributed by atoms with Crippen LogP contribution in [0.2, 0.25) is 0 Å². The summed E-state index contributed by atoms with van der Waals surface area (Å²) >= 11 is 0. The summed E-state index contributed by atoms with van der Waals surface area (Å²) in [6.07, 6.45) is 2.59. The van der Waals surface area contributed by atoms with Crippen molar-refractivity contribution in [2.75, 3.05) is 13.1 Å². The van der Waals surface area contributed by atoms with Gasteiger partial charge in [-0.25, -0.2) is 8.42 Å². The lowest BCUT2D eigenvalue weighted by molar-refractivity contribution is 0.110. The highest BCUT2D eigenvalue weighted by Crippen LogP contribution is 2.30. The lowest BCUT2D eigenvalue weighted by Gasteiger charge is -2.24. The van der Waals surface area contributed by atoms with E-state index in [1.807, 2.05) is 0 Å². The van der Waals surface area contributed by atoms with Crippen LogP contribution in [-0.2, 0) is 21.3 Å². The minimum absolute atomic E-state index is 0.0266. The van der Waals surface area contributed by atoms with Crippen molar-refractivity contribution in [2.45, 2.75) is 30.4 Å². The van der Waals surface area contributed by atoms with E-state index in [4.69, 9.17) is 0 Å². The smallest absolute Gasteiger partial charge is 0.168 e. The molecule has 2 aliphatic heterocycles. The number of hydrogen-bond donors (Lipinski definition) is 1. The van der Waals surface area contributed by atoms with Crippen molar-refractivity contribution in [2.24, 2.45) is 0 Å². The Hall–Kier alpha value is -1.21. The first-order valence-electron chi connectivity index (χ1n) is 6.07. The molecular formula is C11H15N3O3S. The molecule has 0 saturated carbocycles. The maximum absolute atomic E-state index is 11.5. The van der Waals surface area contributed by atoms with Crippen LogP contribution in [0.4, 0.5) is 0 Å².